The van der Waals surface area contributed by atoms with Crippen molar-refractivity contribution in [3.8, 4) is 0 Å². The molecule has 0 saturated carbocycles. The first-order chi connectivity index (χ1) is 10.9. The number of nitrogens with one attached hydrogen (secondary N) is 1. The molecule has 1 aromatic rings. The van der Waals surface area contributed by atoms with Crippen LogP contribution in [0.25, 0.3) is 0 Å². The summed E-state index contributed by atoms with van der Waals surface area (Å²) in [6.07, 6.45) is 2.50. The SMILES string of the molecule is CN1CCC[C@@H](CNS(=O)(=O)CCc2ccc([N+](=O)[O-])cc2)C1. The number of piperidine rings is 1. The highest BCUT2D eigenvalue weighted by Gasteiger charge is 2.19. The van der Waals surface area contributed by atoms with E-state index in [1.807, 2.05) is 0 Å². The lowest BCUT2D eigenvalue weighted by atomic mass is 9.99. The van der Waals surface area contributed by atoms with Gasteiger partial charge in [0.25, 0.3) is 5.69 Å². The van der Waals surface area contributed by atoms with E-state index in [0.717, 1.165) is 31.5 Å². The van der Waals surface area contributed by atoms with Crippen molar-refractivity contribution in [3.63, 3.8) is 0 Å². The maximum absolute atomic E-state index is 12.1. The van der Waals surface area contributed by atoms with Crippen molar-refractivity contribution in [1.29, 1.82) is 0 Å². The summed E-state index contributed by atoms with van der Waals surface area (Å²) in [7, 11) is -1.27. The van der Waals surface area contributed by atoms with Gasteiger partial charge in [0.15, 0.2) is 0 Å². The Hall–Kier alpha value is -1.51. The van der Waals surface area contributed by atoms with Crippen LogP contribution in [0.1, 0.15) is 18.4 Å². The molecule has 1 aliphatic rings. The van der Waals surface area contributed by atoms with Crippen molar-refractivity contribution in [3.05, 3.63) is 39.9 Å². The van der Waals surface area contributed by atoms with Gasteiger partial charge >= 0.3 is 0 Å². The highest BCUT2D eigenvalue weighted by Crippen LogP contribution is 2.15. The number of nitro groups is 1. The number of hydrogen-bond donors (Lipinski definition) is 1. The minimum absolute atomic E-state index is 0.00658. The third kappa shape index (κ3) is 5.89. The molecule has 0 bridgehead atoms. The number of hydrogen-bond acceptors (Lipinski definition) is 5. The van der Waals surface area contributed by atoms with Crippen molar-refractivity contribution >= 4 is 15.7 Å². The normalized spacial score (nSPS) is 19.6. The largest absolute Gasteiger partial charge is 0.306 e. The Kier molecular flexibility index (Phi) is 6.09. The molecule has 2 rings (SSSR count). The second-order valence-corrected chi connectivity index (χ2v) is 8.04. The van der Waals surface area contributed by atoms with Crippen LogP contribution in [-0.2, 0) is 16.4 Å². The molecule has 128 valence electrons. The highest BCUT2D eigenvalue weighted by atomic mass is 32.2. The van der Waals surface area contributed by atoms with Gasteiger partial charge in [-0.05, 0) is 44.3 Å². The Morgan fingerprint density at radius 1 is 1.35 bits per heavy atom. The zero-order chi connectivity index (χ0) is 16.9. The van der Waals surface area contributed by atoms with Crippen molar-refractivity contribution in [2.24, 2.45) is 5.92 Å². The monoisotopic (exact) mass is 341 g/mol. The first-order valence-electron chi connectivity index (χ1n) is 7.75. The van der Waals surface area contributed by atoms with Crippen LogP contribution < -0.4 is 4.72 Å². The van der Waals surface area contributed by atoms with Crippen LogP contribution in [-0.4, -0.2) is 50.7 Å². The summed E-state index contributed by atoms with van der Waals surface area (Å²) in [5.74, 6) is 0.357. The molecular formula is C15H23N3O4S. The molecule has 1 aliphatic heterocycles. The second-order valence-electron chi connectivity index (χ2n) is 6.11. The zero-order valence-electron chi connectivity index (χ0n) is 13.3. The van der Waals surface area contributed by atoms with Crippen molar-refractivity contribution in [2.45, 2.75) is 19.3 Å². The van der Waals surface area contributed by atoms with Crippen LogP contribution in [0.3, 0.4) is 0 Å². The molecule has 8 heteroatoms. The first-order valence-corrected chi connectivity index (χ1v) is 9.40. The van der Waals surface area contributed by atoms with E-state index in [4.69, 9.17) is 0 Å². The lowest BCUT2D eigenvalue weighted by molar-refractivity contribution is -0.384. The minimum atomic E-state index is -3.33. The van der Waals surface area contributed by atoms with Gasteiger partial charge in [0.05, 0.1) is 10.7 Å². The molecule has 0 radical (unpaired) electrons. The molecule has 0 aliphatic carbocycles. The second kappa shape index (κ2) is 7.85. The van der Waals surface area contributed by atoms with Crippen LogP contribution in [0, 0.1) is 16.0 Å². The summed E-state index contributed by atoms with van der Waals surface area (Å²) in [5, 5.41) is 10.6. The molecule has 1 fully saturated rings. The molecule has 1 atom stereocenters. The molecule has 0 unspecified atom stereocenters. The minimum Gasteiger partial charge on any atom is -0.306 e. The maximum atomic E-state index is 12.1. The van der Waals surface area contributed by atoms with Gasteiger partial charge < -0.3 is 4.90 Å². The third-order valence-corrected chi connectivity index (χ3v) is 5.47. The number of sulfonamides is 1. The topological polar surface area (TPSA) is 92.6 Å². The summed E-state index contributed by atoms with van der Waals surface area (Å²) in [5.41, 5.74) is 0.787. The Morgan fingerprint density at radius 3 is 2.65 bits per heavy atom. The molecule has 23 heavy (non-hydrogen) atoms. The molecule has 0 aromatic heterocycles. The van der Waals surface area contributed by atoms with Crippen molar-refractivity contribution < 1.29 is 13.3 Å². The number of likely N-dealkylation sites (tertiary alicyclic amines) is 1. The van der Waals surface area contributed by atoms with E-state index < -0.39 is 14.9 Å². The smallest absolute Gasteiger partial charge is 0.269 e. The van der Waals surface area contributed by atoms with E-state index in [-0.39, 0.29) is 11.4 Å². The predicted molar refractivity (Wildman–Crippen MR) is 88.8 cm³/mol. The van der Waals surface area contributed by atoms with Crippen LogP contribution in [0.15, 0.2) is 24.3 Å². The summed E-state index contributed by atoms with van der Waals surface area (Å²) in [6, 6.07) is 5.99. The molecule has 7 nitrogen and oxygen atoms in total. The maximum Gasteiger partial charge on any atom is 0.269 e. The van der Waals surface area contributed by atoms with E-state index in [1.54, 1.807) is 12.1 Å². The van der Waals surface area contributed by atoms with Crippen LogP contribution >= 0.6 is 0 Å². The number of benzene rings is 1. The fraction of sp³-hybridized carbons (Fsp3) is 0.600. The quantitative estimate of drug-likeness (QED) is 0.598. The summed E-state index contributed by atoms with van der Waals surface area (Å²) >= 11 is 0. The van der Waals surface area contributed by atoms with Gasteiger partial charge in [0.1, 0.15) is 0 Å². The van der Waals surface area contributed by atoms with Gasteiger partial charge in [0, 0.05) is 25.2 Å². The predicted octanol–water partition coefficient (Wildman–Crippen LogP) is 1.40. The first kappa shape index (κ1) is 17.8. The number of nitro benzene ring substituents is 1. The summed E-state index contributed by atoms with van der Waals surface area (Å²) in [6.45, 7) is 2.47. The molecule has 1 heterocycles. The average molecular weight is 341 g/mol. The van der Waals surface area contributed by atoms with Crippen LogP contribution in [0.5, 0.6) is 0 Å². The fourth-order valence-corrected chi connectivity index (χ4v) is 3.93. The number of non-ortho nitro benzene ring substituents is 1. The molecule has 1 N–H and O–H groups in total. The van der Waals surface area contributed by atoms with Gasteiger partial charge in [-0.1, -0.05) is 12.1 Å². The van der Waals surface area contributed by atoms with Gasteiger partial charge in [0.2, 0.25) is 10.0 Å². The van der Waals surface area contributed by atoms with Crippen LogP contribution in [0.4, 0.5) is 5.69 Å². The Bertz CT molecular complexity index is 631. The fourth-order valence-electron chi connectivity index (χ4n) is 2.79. The van der Waals surface area contributed by atoms with Crippen LogP contribution in [0.2, 0.25) is 0 Å². The average Bonchev–Trinajstić information content (AvgIpc) is 2.52. The van der Waals surface area contributed by atoms with Crippen molar-refractivity contribution in [1.82, 2.24) is 9.62 Å². The molecule has 1 saturated heterocycles. The highest BCUT2D eigenvalue weighted by molar-refractivity contribution is 7.89. The number of aryl methyl sites for hydroxylation is 1. The Morgan fingerprint density at radius 2 is 2.04 bits per heavy atom. The molecule has 0 amide bonds. The molecular weight excluding hydrogens is 318 g/mol. The Labute approximate surface area is 136 Å². The van der Waals surface area contributed by atoms with Gasteiger partial charge in [-0.15, -0.1) is 0 Å². The summed E-state index contributed by atoms with van der Waals surface area (Å²) < 4.78 is 26.8. The lowest BCUT2D eigenvalue weighted by Crippen LogP contribution is -2.39. The lowest BCUT2D eigenvalue weighted by Gasteiger charge is -2.29. The number of rotatable bonds is 7. The van der Waals surface area contributed by atoms with Gasteiger partial charge in [-0.2, -0.15) is 0 Å². The number of nitrogens with zero attached hydrogens (tertiary/aromatic N) is 2. The van der Waals surface area contributed by atoms with E-state index >= 15 is 0 Å². The van der Waals surface area contributed by atoms with E-state index in [9.17, 15) is 18.5 Å². The van der Waals surface area contributed by atoms with E-state index in [2.05, 4.69) is 16.7 Å². The van der Waals surface area contributed by atoms with Gasteiger partial charge in [-0.25, -0.2) is 13.1 Å². The molecule has 0 spiro atoms. The van der Waals surface area contributed by atoms with Gasteiger partial charge in [-0.3, -0.25) is 10.1 Å². The summed E-state index contributed by atoms with van der Waals surface area (Å²) in [4.78, 5) is 12.3. The Balaban J connectivity index is 1.80. The van der Waals surface area contributed by atoms with E-state index in [0.29, 0.717) is 18.9 Å². The zero-order valence-corrected chi connectivity index (χ0v) is 14.1. The third-order valence-electron chi connectivity index (χ3n) is 4.12. The van der Waals surface area contributed by atoms with Crippen molar-refractivity contribution in [2.75, 3.05) is 32.4 Å². The standard InChI is InChI=1S/C15H23N3O4S/c1-17-9-2-3-14(12-17)11-16-23(21,22)10-8-13-4-6-15(7-5-13)18(19)20/h4-7,14,16H,2-3,8-12H2,1H3/t14-/m0/s1. The molecule has 1 aromatic carbocycles. The van der Waals surface area contributed by atoms with E-state index in [1.165, 1.54) is 12.1 Å².